The Morgan fingerprint density at radius 2 is 2.05 bits per heavy atom. The van der Waals surface area contributed by atoms with Gasteiger partial charge in [-0.15, -0.1) is 11.3 Å². The lowest BCUT2D eigenvalue weighted by Crippen LogP contribution is -2.20. The van der Waals surface area contributed by atoms with Gasteiger partial charge < -0.3 is 5.32 Å². The molecule has 0 aliphatic rings. The van der Waals surface area contributed by atoms with E-state index in [1.165, 1.54) is 0 Å². The van der Waals surface area contributed by atoms with E-state index in [0.717, 1.165) is 36.5 Å². The summed E-state index contributed by atoms with van der Waals surface area (Å²) < 4.78 is 2.10. The minimum atomic E-state index is 0.327. The summed E-state index contributed by atoms with van der Waals surface area (Å²) in [6.07, 6.45) is 7.26. The van der Waals surface area contributed by atoms with E-state index in [1.807, 2.05) is 11.6 Å². The monoisotopic (exact) mass is 292 g/mol. The molecule has 5 heteroatoms. The van der Waals surface area contributed by atoms with Gasteiger partial charge in [0.05, 0.1) is 17.8 Å². The minimum Gasteiger partial charge on any atom is -0.302 e. The number of thiazole rings is 1. The SMILES string of the molecule is CCC(NCc1ccn(C(CC)CC)n1)c1nccs1. The van der Waals surface area contributed by atoms with E-state index in [4.69, 9.17) is 0 Å². The lowest BCUT2D eigenvalue weighted by Gasteiger charge is -2.14. The molecular weight excluding hydrogens is 268 g/mol. The largest absolute Gasteiger partial charge is 0.302 e. The number of rotatable bonds is 8. The fourth-order valence-corrected chi connectivity index (χ4v) is 3.18. The van der Waals surface area contributed by atoms with Crippen molar-refractivity contribution in [2.24, 2.45) is 0 Å². The van der Waals surface area contributed by atoms with Crippen molar-refractivity contribution in [1.82, 2.24) is 20.1 Å². The van der Waals surface area contributed by atoms with Gasteiger partial charge in [-0.3, -0.25) is 4.68 Å². The van der Waals surface area contributed by atoms with Crippen LogP contribution >= 0.6 is 11.3 Å². The van der Waals surface area contributed by atoms with Gasteiger partial charge >= 0.3 is 0 Å². The van der Waals surface area contributed by atoms with Crippen molar-refractivity contribution in [3.63, 3.8) is 0 Å². The first-order valence-electron chi connectivity index (χ1n) is 7.45. The molecule has 110 valence electrons. The zero-order valence-corrected chi connectivity index (χ0v) is 13.4. The van der Waals surface area contributed by atoms with Crippen LogP contribution in [0.2, 0.25) is 0 Å². The van der Waals surface area contributed by atoms with Crippen LogP contribution in [-0.2, 0) is 6.54 Å². The lowest BCUT2D eigenvalue weighted by molar-refractivity contribution is 0.421. The molecule has 0 fully saturated rings. The summed E-state index contributed by atoms with van der Waals surface area (Å²) in [6.45, 7) is 7.40. The molecule has 0 aliphatic heterocycles. The minimum absolute atomic E-state index is 0.327. The smallest absolute Gasteiger partial charge is 0.109 e. The first-order valence-corrected chi connectivity index (χ1v) is 8.33. The Hall–Kier alpha value is -1.20. The van der Waals surface area contributed by atoms with Gasteiger partial charge in [0.2, 0.25) is 0 Å². The second-order valence-corrected chi connectivity index (χ2v) is 5.90. The Kier molecular flexibility index (Phi) is 5.73. The van der Waals surface area contributed by atoms with E-state index in [0.29, 0.717) is 12.1 Å². The van der Waals surface area contributed by atoms with Crippen LogP contribution in [0.15, 0.2) is 23.8 Å². The van der Waals surface area contributed by atoms with Crippen LogP contribution in [0.5, 0.6) is 0 Å². The highest BCUT2D eigenvalue weighted by atomic mass is 32.1. The number of aromatic nitrogens is 3. The van der Waals surface area contributed by atoms with Crippen LogP contribution in [0.3, 0.4) is 0 Å². The van der Waals surface area contributed by atoms with Crippen LogP contribution in [0, 0.1) is 0 Å². The summed E-state index contributed by atoms with van der Waals surface area (Å²) in [7, 11) is 0. The summed E-state index contributed by atoms with van der Waals surface area (Å²) >= 11 is 1.71. The van der Waals surface area contributed by atoms with Crippen LogP contribution in [0.1, 0.15) is 62.8 Å². The topological polar surface area (TPSA) is 42.7 Å². The summed E-state index contributed by atoms with van der Waals surface area (Å²) in [6, 6.07) is 2.96. The zero-order chi connectivity index (χ0) is 14.4. The van der Waals surface area contributed by atoms with Crippen molar-refractivity contribution in [2.75, 3.05) is 0 Å². The average Bonchev–Trinajstić information content (AvgIpc) is 3.13. The van der Waals surface area contributed by atoms with Crippen LogP contribution in [-0.4, -0.2) is 14.8 Å². The van der Waals surface area contributed by atoms with Crippen molar-refractivity contribution in [2.45, 2.75) is 58.7 Å². The highest BCUT2D eigenvalue weighted by Crippen LogP contribution is 2.19. The molecular formula is C15H24N4S. The van der Waals surface area contributed by atoms with Crippen molar-refractivity contribution in [1.29, 1.82) is 0 Å². The van der Waals surface area contributed by atoms with Crippen molar-refractivity contribution < 1.29 is 0 Å². The second kappa shape index (κ2) is 7.55. The third kappa shape index (κ3) is 3.67. The highest BCUT2D eigenvalue weighted by Gasteiger charge is 2.12. The van der Waals surface area contributed by atoms with Crippen LogP contribution < -0.4 is 5.32 Å². The molecule has 2 rings (SSSR count). The maximum Gasteiger partial charge on any atom is 0.109 e. The van der Waals surface area contributed by atoms with E-state index in [-0.39, 0.29) is 0 Å². The molecule has 1 atom stereocenters. The Balaban J connectivity index is 1.93. The summed E-state index contributed by atoms with van der Waals surface area (Å²) in [4.78, 5) is 4.39. The lowest BCUT2D eigenvalue weighted by atomic mass is 10.2. The summed E-state index contributed by atoms with van der Waals surface area (Å²) in [5.41, 5.74) is 1.10. The van der Waals surface area contributed by atoms with Gasteiger partial charge in [0.25, 0.3) is 0 Å². The molecule has 4 nitrogen and oxygen atoms in total. The summed E-state index contributed by atoms with van der Waals surface area (Å²) in [5, 5.41) is 11.4. The molecule has 0 aliphatic carbocycles. The van der Waals surface area contributed by atoms with Crippen LogP contribution in [0.25, 0.3) is 0 Å². The van der Waals surface area contributed by atoms with Crippen molar-refractivity contribution >= 4 is 11.3 Å². The quantitative estimate of drug-likeness (QED) is 0.801. The van der Waals surface area contributed by atoms with Gasteiger partial charge in [-0.1, -0.05) is 20.8 Å². The van der Waals surface area contributed by atoms with E-state index < -0.39 is 0 Å². The van der Waals surface area contributed by atoms with Crippen molar-refractivity contribution in [3.05, 3.63) is 34.5 Å². The predicted octanol–water partition coefficient (Wildman–Crippen LogP) is 3.94. The number of nitrogens with one attached hydrogen (secondary N) is 1. The predicted molar refractivity (Wildman–Crippen MR) is 83.8 cm³/mol. The molecule has 2 aromatic rings. The van der Waals surface area contributed by atoms with Gasteiger partial charge in [0.1, 0.15) is 5.01 Å². The molecule has 0 spiro atoms. The Morgan fingerprint density at radius 1 is 1.25 bits per heavy atom. The second-order valence-electron chi connectivity index (χ2n) is 4.97. The average molecular weight is 292 g/mol. The van der Waals surface area contributed by atoms with Crippen molar-refractivity contribution in [3.8, 4) is 0 Å². The molecule has 20 heavy (non-hydrogen) atoms. The van der Waals surface area contributed by atoms with E-state index in [1.54, 1.807) is 11.3 Å². The van der Waals surface area contributed by atoms with Gasteiger partial charge in [0, 0.05) is 24.3 Å². The first kappa shape index (κ1) is 15.2. The molecule has 0 radical (unpaired) electrons. The third-order valence-electron chi connectivity index (χ3n) is 3.67. The molecule has 1 N–H and O–H groups in total. The fourth-order valence-electron chi connectivity index (χ4n) is 2.38. The number of hydrogen-bond donors (Lipinski definition) is 1. The Labute approximate surface area is 125 Å². The fraction of sp³-hybridized carbons (Fsp3) is 0.600. The van der Waals surface area contributed by atoms with Gasteiger partial charge in [-0.05, 0) is 25.3 Å². The van der Waals surface area contributed by atoms with E-state index >= 15 is 0 Å². The third-order valence-corrected chi connectivity index (χ3v) is 4.56. The molecule has 2 heterocycles. The molecule has 0 saturated heterocycles. The molecule has 0 amide bonds. The molecule has 0 bridgehead atoms. The maximum atomic E-state index is 4.68. The summed E-state index contributed by atoms with van der Waals surface area (Å²) in [5.74, 6) is 0. The van der Waals surface area contributed by atoms with Crippen LogP contribution in [0.4, 0.5) is 0 Å². The normalized spacial score (nSPS) is 13.0. The van der Waals surface area contributed by atoms with Gasteiger partial charge in [-0.25, -0.2) is 4.98 Å². The molecule has 2 aromatic heterocycles. The number of nitrogens with zero attached hydrogens (tertiary/aromatic N) is 3. The van der Waals surface area contributed by atoms with E-state index in [9.17, 15) is 0 Å². The Morgan fingerprint density at radius 3 is 2.65 bits per heavy atom. The zero-order valence-electron chi connectivity index (χ0n) is 12.5. The first-order chi connectivity index (χ1) is 9.78. The molecule has 0 aromatic carbocycles. The molecule has 0 saturated carbocycles. The standard InChI is InChI=1S/C15H24N4S/c1-4-13(5-2)19-9-7-12(18-19)11-17-14(6-3)15-16-8-10-20-15/h7-10,13-14,17H,4-6,11H2,1-3H3. The maximum absolute atomic E-state index is 4.68. The Bertz CT molecular complexity index is 488. The highest BCUT2D eigenvalue weighted by molar-refractivity contribution is 7.09. The van der Waals surface area contributed by atoms with Gasteiger partial charge in [-0.2, -0.15) is 5.10 Å². The number of hydrogen-bond acceptors (Lipinski definition) is 4. The molecule has 1 unspecified atom stereocenters. The van der Waals surface area contributed by atoms with Gasteiger partial charge in [0.15, 0.2) is 0 Å². The van der Waals surface area contributed by atoms with E-state index in [2.05, 4.69) is 53.1 Å².